The zero-order valence-corrected chi connectivity index (χ0v) is 9.90. The lowest BCUT2D eigenvalue weighted by atomic mass is 10.1. The molecule has 96 valence electrons. The summed E-state index contributed by atoms with van der Waals surface area (Å²) < 4.78 is 18.0. The molecule has 0 fully saturated rings. The van der Waals surface area contributed by atoms with Gasteiger partial charge in [-0.1, -0.05) is 17.2 Å². The molecule has 2 aromatic rings. The van der Waals surface area contributed by atoms with Gasteiger partial charge in [0.1, 0.15) is 5.82 Å². The van der Waals surface area contributed by atoms with Gasteiger partial charge < -0.3 is 15.5 Å². The predicted molar refractivity (Wildman–Crippen MR) is 65.7 cm³/mol. The molecule has 1 heterocycles. The van der Waals surface area contributed by atoms with Crippen molar-refractivity contribution in [1.29, 1.82) is 0 Å². The van der Waals surface area contributed by atoms with Gasteiger partial charge in [-0.3, -0.25) is 0 Å². The van der Waals surface area contributed by atoms with Crippen LogP contribution in [0.3, 0.4) is 0 Å². The van der Waals surface area contributed by atoms with Crippen LogP contribution in [-0.4, -0.2) is 23.3 Å². The molecule has 0 saturated heterocycles. The minimum absolute atomic E-state index is 0.227. The first-order valence-electron chi connectivity index (χ1n) is 5.78. The summed E-state index contributed by atoms with van der Waals surface area (Å²) in [5, 5.41) is 10.7. The zero-order chi connectivity index (χ0) is 12.8. The third-order valence-corrected chi connectivity index (χ3v) is 2.43. The second kappa shape index (κ2) is 6.11. The summed E-state index contributed by atoms with van der Waals surface area (Å²) >= 11 is 0. The van der Waals surface area contributed by atoms with Gasteiger partial charge in [0.25, 0.3) is 0 Å². The molecule has 3 N–H and O–H groups in total. The summed E-state index contributed by atoms with van der Waals surface area (Å²) in [7, 11) is 0. The third-order valence-electron chi connectivity index (χ3n) is 2.43. The Bertz CT molecular complexity index is 483. The number of halogens is 1. The second-order valence-corrected chi connectivity index (χ2v) is 3.84. The first kappa shape index (κ1) is 12.5. The number of rotatable bonds is 6. The highest BCUT2D eigenvalue weighted by molar-refractivity contribution is 5.20. The highest BCUT2D eigenvalue weighted by Crippen LogP contribution is 2.07. The van der Waals surface area contributed by atoms with Gasteiger partial charge in [0.15, 0.2) is 0 Å². The molecule has 0 spiro atoms. The van der Waals surface area contributed by atoms with Gasteiger partial charge in [0.05, 0.1) is 0 Å². The molecule has 1 aromatic heterocycles. The van der Waals surface area contributed by atoms with Crippen molar-refractivity contribution in [3.05, 3.63) is 41.5 Å². The predicted octanol–water partition coefficient (Wildman–Crippen LogP) is 1.36. The van der Waals surface area contributed by atoms with E-state index in [2.05, 4.69) is 15.5 Å². The van der Waals surface area contributed by atoms with Gasteiger partial charge in [0, 0.05) is 19.5 Å². The normalized spacial score (nSPS) is 10.6. The number of anilines is 1. The Hall–Kier alpha value is -1.95. The Balaban J connectivity index is 1.79. The van der Waals surface area contributed by atoms with Crippen LogP contribution in [0.5, 0.6) is 0 Å². The molecule has 0 amide bonds. The van der Waals surface area contributed by atoms with Gasteiger partial charge in [-0.25, -0.2) is 4.39 Å². The Morgan fingerprint density at radius 1 is 1.17 bits per heavy atom. The van der Waals surface area contributed by atoms with Crippen molar-refractivity contribution in [2.24, 2.45) is 5.73 Å². The van der Waals surface area contributed by atoms with Crippen molar-refractivity contribution in [3.8, 4) is 0 Å². The van der Waals surface area contributed by atoms with Gasteiger partial charge >= 0.3 is 6.01 Å². The van der Waals surface area contributed by atoms with Crippen molar-refractivity contribution < 1.29 is 8.81 Å². The average Bonchev–Trinajstić information content (AvgIpc) is 2.80. The molecule has 0 bridgehead atoms. The van der Waals surface area contributed by atoms with Gasteiger partial charge in [-0.2, -0.15) is 0 Å². The highest BCUT2D eigenvalue weighted by Gasteiger charge is 2.04. The number of hydrogen-bond acceptors (Lipinski definition) is 5. The lowest BCUT2D eigenvalue weighted by Crippen LogP contribution is -2.05. The topological polar surface area (TPSA) is 77.0 Å². The van der Waals surface area contributed by atoms with Crippen LogP contribution in [0.1, 0.15) is 11.5 Å². The van der Waals surface area contributed by atoms with Crippen LogP contribution in [0.25, 0.3) is 0 Å². The number of nitrogens with zero attached hydrogens (tertiary/aromatic N) is 2. The molecule has 0 aliphatic rings. The average molecular weight is 250 g/mol. The fraction of sp³-hybridized carbons (Fsp3) is 0.333. The standard InChI is InChI=1S/C12H15FN4O/c13-10-3-1-9(2-4-10)6-8-15-12-17-16-11(18-12)5-7-14/h1-4H,5-8,14H2,(H,15,17). The molecule has 0 atom stereocenters. The summed E-state index contributed by atoms with van der Waals surface area (Å²) in [5.74, 6) is 0.303. The van der Waals surface area contributed by atoms with Gasteiger partial charge in [-0.15, -0.1) is 5.10 Å². The first-order chi connectivity index (χ1) is 8.78. The second-order valence-electron chi connectivity index (χ2n) is 3.84. The van der Waals surface area contributed by atoms with E-state index in [0.717, 1.165) is 12.0 Å². The van der Waals surface area contributed by atoms with Crippen LogP contribution >= 0.6 is 0 Å². The molecule has 0 aliphatic heterocycles. The lowest BCUT2D eigenvalue weighted by molar-refractivity contribution is 0.506. The van der Waals surface area contributed by atoms with E-state index in [1.165, 1.54) is 12.1 Å². The quantitative estimate of drug-likeness (QED) is 0.809. The molecular formula is C12H15FN4O. The van der Waals surface area contributed by atoms with Crippen LogP contribution in [0, 0.1) is 5.82 Å². The smallest absolute Gasteiger partial charge is 0.315 e. The number of nitrogens with two attached hydrogens (primary N) is 1. The van der Waals surface area contributed by atoms with Crippen molar-refractivity contribution in [2.75, 3.05) is 18.4 Å². The van der Waals surface area contributed by atoms with Crippen LogP contribution in [-0.2, 0) is 12.8 Å². The van der Waals surface area contributed by atoms with Crippen molar-refractivity contribution in [1.82, 2.24) is 10.2 Å². The molecule has 6 heteroatoms. The Morgan fingerprint density at radius 2 is 1.94 bits per heavy atom. The summed E-state index contributed by atoms with van der Waals surface area (Å²) in [6.07, 6.45) is 1.33. The van der Waals surface area contributed by atoms with Crippen LogP contribution in [0.15, 0.2) is 28.7 Å². The number of aromatic nitrogens is 2. The van der Waals surface area contributed by atoms with Crippen molar-refractivity contribution in [2.45, 2.75) is 12.8 Å². The molecule has 0 radical (unpaired) electrons. The molecule has 2 rings (SSSR count). The summed E-state index contributed by atoms with van der Waals surface area (Å²) in [6, 6.07) is 6.79. The fourth-order valence-electron chi connectivity index (χ4n) is 1.51. The van der Waals surface area contributed by atoms with E-state index in [-0.39, 0.29) is 5.82 Å². The number of benzene rings is 1. The largest absolute Gasteiger partial charge is 0.408 e. The Labute approximate surface area is 104 Å². The van der Waals surface area contributed by atoms with Gasteiger partial charge in [0.2, 0.25) is 5.89 Å². The first-order valence-corrected chi connectivity index (χ1v) is 5.78. The summed E-state index contributed by atoms with van der Waals surface area (Å²) in [6.45, 7) is 1.13. The lowest BCUT2D eigenvalue weighted by Gasteiger charge is -2.01. The summed E-state index contributed by atoms with van der Waals surface area (Å²) in [4.78, 5) is 0. The van der Waals surface area contributed by atoms with Crippen molar-refractivity contribution >= 4 is 6.01 Å². The third kappa shape index (κ3) is 3.53. The SMILES string of the molecule is NCCc1nnc(NCCc2ccc(F)cc2)o1. The summed E-state index contributed by atoms with van der Waals surface area (Å²) in [5.41, 5.74) is 6.43. The van der Waals surface area contributed by atoms with E-state index in [0.29, 0.717) is 31.4 Å². The van der Waals surface area contributed by atoms with E-state index in [1.54, 1.807) is 12.1 Å². The van der Waals surface area contributed by atoms with Crippen LogP contribution in [0.2, 0.25) is 0 Å². The zero-order valence-electron chi connectivity index (χ0n) is 9.90. The molecular weight excluding hydrogens is 235 g/mol. The van der Waals surface area contributed by atoms with Crippen molar-refractivity contribution in [3.63, 3.8) is 0 Å². The highest BCUT2D eigenvalue weighted by atomic mass is 19.1. The minimum Gasteiger partial charge on any atom is -0.408 e. The van der Waals surface area contributed by atoms with Crippen LogP contribution in [0.4, 0.5) is 10.4 Å². The maximum atomic E-state index is 12.7. The van der Waals surface area contributed by atoms with E-state index in [4.69, 9.17) is 10.2 Å². The monoisotopic (exact) mass is 250 g/mol. The molecule has 0 unspecified atom stereocenters. The van der Waals surface area contributed by atoms with E-state index in [9.17, 15) is 4.39 Å². The number of nitrogens with one attached hydrogen (secondary N) is 1. The molecule has 18 heavy (non-hydrogen) atoms. The van der Waals surface area contributed by atoms with E-state index < -0.39 is 0 Å². The van der Waals surface area contributed by atoms with E-state index >= 15 is 0 Å². The van der Waals surface area contributed by atoms with Gasteiger partial charge in [-0.05, 0) is 24.1 Å². The molecule has 5 nitrogen and oxygen atoms in total. The minimum atomic E-state index is -0.227. The maximum Gasteiger partial charge on any atom is 0.315 e. The van der Waals surface area contributed by atoms with Crippen LogP contribution < -0.4 is 11.1 Å². The van der Waals surface area contributed by atoms with E-state index in [1.807, 2.05) is 0 Å². The fourth-order valence-corrected chi connectivity index (χ4v) is 1.51. The Kier molecular flexibility index (Phi) is 4.25. The Morgan fingerprint density at radius 3 is 2.67 bits per heavy atom. The molecule has 0 saturated carbocycles. The maximum absolute atomic E-state index is 12.7. The molecule has 1 aromatic carbocycles. The molecule has 0 aliphatic carbocycles. The number of hydrogen-bond donors (Lipinski definition) is 2.